The first-order valence-corrected chi connectivity index (χ1v) is 6.82. The molecular weight excluding hydrogens is 267 g/mol. The van der Waals surface area contributed by atoms with Crippen LogP contribution in [-0.4, -0.2) is 31.4 Å². The second kappa shape index (κ2) is 6.99. The molecule has 0 unspecified atom stereocenters. The Bertz CT molecular complexity index is 581. The molecule has 2 rings (SSSR count). The number of rotatable bonds is 5. The van der Waals surface area contributed by atoms with E-state index in [0.29, 0.717) is 12.1 Å². The van der Waals surface area contributed by atoms with E-state index in [1.807, 2.05) is 49.3 Å². The van der Waals surface area contributed by atoms with Gasteiger partial charge in [0.2, 0.25) is 0 Å². The number of likely N-dealkylation sites (N-methyl/N-ethyl adjacent to an activating group) is 1. The van der Waals surface area contributed by atoms with Crippen LogP contribution < -0.4 is 5.32 Å². The van der Waals surface area contributed by atoms with Crippen LogP contribution in [-0.2, 0) is 0 Å². The van der Waals surface area contributed by atoms with Crippen molar-refractivity contribution in [3.05, 3.63) is 71.5 Å². The Morgan fingerprint density at radius 1 is 1.10 bits per heavy atom. The molecule has 1 N–H and O–H groups in total. The lowest BCUT2D eigenvalue weighted by molar-refractivity contribution is 0.0930. The van der Waals surface area contributed by atoms with Crippen LogP contribution in [0.4, 0.5) is 4.39 Å². The van der Waals surface area contributed by atoms with E-state index >= 15 is 0 Å². The molecule has 0 saturated heterocycles. The third-order valence-electron chi connectivity index (χ3n) is 3.16. The van der Waals surface area contributed by atoms with Gasteiger partial charge in [0.25, 0.3) is 5.91 Å². The molecule has 0 aliphatic rings. The molecule has 0 saturated carbocycles. The van der Waals surface area contributed by atoms with Gasteiger partial charge in [-0.25, -0.2) is 4.39 Å². The predicted molar refractivity (Wildman–Crippen MR) is 81.6 cm³/mol. The molecule has 0 heterocycles. The van der Waals surface area contributed by atoms with E-state index in [9.17, 15) is 9.18 Å². The molecule has 2 aromatic rings. The summed E-state index contributed by atoms with van der Waals surface area (Å²) in [5.74, 6) is -0.551. The zero-order chi connectivity index (χ0) is 15.2. The molecule has 110 valence electrons. The Hall–Kier alpha value is -2.20. The third-order valence-corrected chi connectivity index (χ3v) is 3.16. The van der Waals surface area contributed by atoms with Crippen LogP contribution >= 0.6 is 0 Å². The Balaban J connectivity index is 2.15. The van der Waals surface area contributed by atoms with Crippen LogP contribution in [0.1, 0.15) is 22.0 Å². The third kappa shape index (κ3) is 4.39. The molecule has 0 aliphatic heterocycles. The SMILES string of the molecule is CN(C)C[C@@H](NC(=O)c1ccc(F)cc1)c1ccccc1. The van der Waals surface area contributed by atoms with Gasteiger partial charge in [0.1, 0.15) is 5.82 Å². The molecule has 1 amide bonds. The van der Waals surface area contributed by atoms with Gasteiger partial charge in [0, 0.05) is 12.1 Å². The quantitative estimate of drug-likeness (QED) is 0.916. The van der Waals surface area contributed by atoms with E-state index in [4.69, 9.17) is 0 Å². The highest BCUT2D eigenvalue weighted by molar-refractivity contribution is 5.94. The van der Waals surface area contributed by atoms with Gasteiger partial charge in [-0.2, -0.15) is 0 Å². The minimum Gasteiger partial charge on any atom is -0.344 e. The average molecular weight is 286 g/mol. The van der Waals surface area contributed by atoms with Gasteiger partial charge in [0.15, 0.2) is 0 Å². The first-order valence-electron chi connectivity index (χ1n) is 6.82. The predicted octanol–water partition coefficient (Wildman–Crippen LogP) is 2.86. The van der Waals surface area contributed by atoms with Gasteiger partial charge < -0.3 is 10.2 Å². The summed E-state index contributed by atoms with van der Waals surface area (Å²) in [6.45, 7) is 0.691. The van der Waals surface area contributed by atoms with E-state index < -0.39 is 0 Å². The largest absolute Gasteiger partial charge is 0.344 e. The van der Waals surface area contributed by atoms with Gasteiger partial charge >= 0.3 is 0 Å². The minimum atomic E-state index is -0.348. The summed E-state index contributed by atoms with van der Waals surface area (Å²) in [6, 6.07) is 15.3. The lowest BCUT2D eigenvalue weighted by Gasteiger charge is -2.23. The molecule has 0 aliphatic carbocycles. The van der Waals surface area contributed by atoms with Crippen molar-refractivity contribution in [1.29, 1.82) is 0 Å². The van der Waals surface area contributed by atoms with E-state index in [0.717, 1.165) is 5.56 Å². The number of halogens is 1. The number of carbonyl (C=O) groups is 1. The number of amides is 1. The van der Waals surface area contributed by atoms with E-state index in [2.05, 4.69) is 5.32 Å². The van der Waals surface area contributed by atoms with Crippen LogP contribution in [0, 0.1) is 5.82 Å². The maximum atomic E-state index is 12.9. The van der Waals surface area contributed by atoms with Crippen LogP contribution in [0.5, 0.6) is 0 Å². The van der Waals surface area contributed by atoms with Crippen molar-refractivity contribution in [3.8, 4) is 0 Å². The fourth-order valence-corrected chi connectivity index (χ4v) is 2.13. The van der Waals surface area contributed by atoms with E-state index in [1.54, 1.807) is 0 Å². The molecule has 0 spiro atoms. The molecule has 0 radical (unpaired) electrons. The summed E-state index contributed by atoms with van der Waals surface area (Å²) in [5.41, 5.74) is 1.50. The van der Waals surface area contributed by atoms with Crippen molar-refractivity contribution >= 4 is 5.91 Å². The Morgan fingerprint density at radius 2 is 1.71 bits per heavy atom. The zero-order valence-electron chi connectivity index (χ0n) is 12.2. The summed E-state index contributed by atoms with van der Waals surface area (Å²) in [5, 5.41) is 3.00. The van der Waals surface area contributed by atoms with E-state index in [-0.39, 0.29) is 17.8 Å². The summed E-state index contributed by atoms with van der Waals surface area (Å²) in [6.07, 6.45) is 0. The topological polar surface area (TPSA) is 32.3 Å². The highest BCUT2D eigenvalue weighted by Crippen LogP contribution is 2.14. The molecule has 1 atom stereocenters. The number of nitrogens with zero attached hydrogens (tertiary/aromatic N) is 1. The molecule has 21 heavy (non-hydrogen) atoms. The standard InChI is InChI=1S/C17H19FN2O/c1-20(2)12-16(13-6-4-3-5-7-13)19-17(21)14-8-10-15(18)11-9-14/h3-11,16H,12H2,1-2H3,(H,19,21)/t16-/m1/s1. The fraction of sp³-hybridized carbons (Fsp3) is 0.235. The highest BCUT2D eigenvalue weighted by Gasteiger charge is 2.16. The lowest BCUT2D eigenvalue weighted by atomic mass is 10.1. The molecule has 3 nitrogen and oxygen atoms in total. The molecule has 0 bridgehead atoms. The van der Waals surface area contributed by atoms with Crippen molar-refractivity contribution in [3.63, 3.8) is 0 Å². The lowest BCUT2D eigenvalue weighted by Crippen LogP contribution is -2.35. The van der Waals surface area contributed by atoms with Crippen molar-refractivity contribution in [2.45, 2.75) is 6.04 Å². The van der Waals surface area contributed by atoms with Crippen LogP contribution in [0.2, 0.25) is 0 Å². The molecular formula is C17H19FN2O. The number of hydrogen-bond acceptors (Lipinski definition) is 2. The van der Waals surface area contributed by atoms with Crippen LogP contribution in [0.3, 0.4) is 0 Å². The highest BCUT2D eigenvalue weighted by atomic mass is 19.1. The zero-order valence-corrected chi connectivity index (χ0v) is 12.2. The normalized spacial score (nSPS) is 12.2. The minimum absolute atomic E-state index is 0.112. The second-order valence-electron chi connectivity index (χ2n) is 5.21. The second-order valence-corrected chi connectivity index (χ2v) is 5.21. The number of nitrogens with one attached hydrogen (secondary N) is 1. The molecule has 0 fully saturated rings. The summed E-state index contributed by atoms with van der Waals surface area (Å²) < 4.78 is 12.9. The average Bonchev–Trinajstić information content (AvgIpc) is 2.47. The Labute approximate surface area is 124 Å². The maximum absolute atomic E-state index is 12.9. The molecule has 4 heteroatoms. The van der Waals surface area contributed by atoms with Crippen molar-refractivity contribution in [1.82, 2.24) is 10.2 Å². The monoisotopic (exact) mass is 286 g/mol. The van der Waals surface area contributed by atoms with Gasteiger partial charge in [0.05, 0.1) is 6.04 Å². The Morgan fingerprint density at radius 3 is 2.29 bits per heavy atom. The fourth-order valence-electron chi connectivity index (χ4n) is 2.13. The van der Waals surface area contributed by atoms with Crippen molar-refractivity contribution in [2.24, 2.45) is 0 Å². The van der Waals surface area contributed by atoms with Crippen LogP contribution in [0.25, 0.3) is 0 Å². The maximum Gasteiger partial charge on any atom is 0.251 e. The summed E-state index contributed by atoms with van der Waals surface area (Å²) >= 11 is 0. The summed E-state index contributed by atoms with van der Waals surface area (Å²) in [7, 11) is 3.92. The van der Waals surface area contributed by atoms with Crippen LogP contribution in [0.15, 0.2) is 54.6 Å². The van der Waals surface area contributed by atoms with Gasteiger partial charge in [-0.15, -0.1) is 0 Å². The summed E-state index contributed by atoms with van der Waals surface area (Å²) in [4.78, 5) is 14.3. The molecule has 0 aromatic heterocycles. The smallest absolute Gasteiger partial charge is 0.251 e. The van der Waals surface area contributed by atoms with Crippen molar-refractivity contribution < 1.29 is 9.18 Å². The number of benzene rings is 2. The first kappa shape index (κ1) is 15.2. The van der Waals surface area contributed by atoms with Gasteiger partial charge in [-0.3, -0.25) is 4.79 Å². The number of carbonyl (C=O) groups excluding carboxylic acids is 1. The first-order chi connectivity index (χ1) is 10.1. The van der Waals surface area contributed by atoms with E-state index in [1.165, 1.54) is 24.3 Å². The molecule has 2 aromatic carbocycles. The Kier molecular flexibility index (Phi) is 5.06. The van der Waals surface area contributed by atoms with Gasteiger partial charge in [-0.05, 0) is 43.9 Å². The van der Waals surface area contributed by atoms with Gasteiger partial charge in [-0.1, -0.05) is 30.3 Å². The number of hydrogen-bond donors (Lipinski definition) is 1. The van der Waals surface area contributed by atoms with Crippen molar-refractivity contribution in [2.75, 3.05) is 20.6 Å².